The van der Waals surface area contributed by atoms with Crippen molar-refractivity contribution in [2.24, 2.45) is 0 Å². The number of aromatic nitrogens is 4. The number of para-hydroxylation sites is 1. The highest BCUT2D eigenvalue weighted by Crippen LogP contribution is 2.33. The van der Waals surface area contributed by atoms with Crippen LogP contribution in [0.4, 0.5) is 26.4 Å². The Balaban J connectivity index is 1.52. The average molecular weight is 472 g/mol. The number of likely N-dealkylation sites (tertiary alicyclic amines) is 1. The molecule has 1 atom stereocenters. The van der Waals surface area contributed by atoms with Crippen LogP contribution in [-0.4, -0.2) is 60.7 Å². The van der Waals surface area contributed by atoms with Crippen LogP contribution < -0.4 is 10.6 Å². The van der Waals surface area contributed by atoms with Gasteiger partial charge in [0.05, 0.1) is 18.3 Å². The fourth-order valence-corrected chi connectivity index (χ4v) is 4.76. The number of benzene rings is 1. The van der Waals surface area contributed by atoms with E-state index in [0.29, 0.717) is 36.6 Å². The molecular formula is C23H27F2N7O2. The molecule has 1 saturated carbocycles. The number of imidazole rings is 1. The number of nitrogens with zero attached hydrogens (tertiary/aromatic N) is 5. The Bertz CT molecular complexity index is 1190. The lowest BCUT2D eigenvalue weighted by Gasteiger charge is -2.26. The topological polar surface area (TPSA) is 108 Å². The van der Waals surface area contributed by atoms with E-state index in [9.17, 15) is 18.7 Å². The van der Waals surface area contributed by atoms with Crippen molar-refractivity contribution >= 4 is 34.7 Å². The molecule has 34 heavy (non-hydrogen) atoms. The van der Waals surface area contributed by atoms with Gasteiger partial charge in [0.15, 0.2) is 5.65 Å². The first kappa shape index (κ1) is 22.5. The molecule has 1 saturated heterocycles. The van der Waals surface area contributed by atoms with E-state index < -0.39 is 11.6 Å². The molecule has 1 aliphatic carbocycles. The van der Waals surface area contributed by atoms with Crippen molar-refractivity contribution in [2.75, 3.05) is 23.7 Å². The summed E-state index contributed by atoms with van der Waals surface area (Å²) in [7, 11) is 0. The standard InChI is InChI=1S/C23H27F2N7O2/c1-13(33)31-10-9-15(12-31)32-21-19(28-23(32)29-20-17(24)3-2-4-18(20)25)11-26-22(30-21)27-14-5-7-16(34)8-6-14/h2-4,11,14-16,34H,5-10,12H2,1H3,(H,28,29)(H,26,27,30)/t14?,15-,16?/m1/s1. The maximum absolute atomic E-state index is 14.4. The van der Waals surface area contributed by atoms with Gasteiger partial charge in [-0.05, 0) is 44.2 Å². The Kier molecular flexibility index (Phi) is 6.03. The number of carbonyl (C=O) groups excluding carboxylic acids is 1. The largest absolute Gasteiger partial charge is 0.393 e. The van der Waals surface area contributed by atoms with E-state index in [0.717, 1.165) is 25.7 Å². The maximum atomic E-state index is 14.4. The summed E-state index contributed by atoms with van der Waals surface area (Å²) in [6.45, 7) is 2.55. The molecule has 3 aromatic rings. The molecule has 180 valence electrons. The van der Waals surface area contributed by atoms with Crippen molar-refractivity contribution in [1.82, 2.24) is 24.4 Å². The number of anilines is 3. The zero-order valence-corrected chi connectivity index (χ0v) is 18.8. The minimum Gasteiger partial charge on any atom is -0.393 e. The molecule has 1 amide bonds. The average Bonchev–Trinajstić information content (AvgIpc) is 3.42. The molecule has 0 bridgehead atoms. The lowest BCUT2D eigenvalue weighted by atomic mass is 9.93. The molecule has 3 N–H and O–H groups in total. The van der Waals surface area contributed by atoms with Crippen LogP contribution in [0, 0.1) is 11.6 Å². The van der Waals surface area contributed by atoms with Gasteiger partial charge in [0.2, 0.25) is 17.8 Å². The molecule has 9 nitrogen and oxygen atoms in total. The number of aliphatic hydroxyl groups is 1. The van der Waals surface area contributed by atoms with Crippen molar-refractivity contribution in [1.29, 1.82) is 0 Å². The van der Waals surface area contributed by atoms with Crippen LogP contribution in [0.2, 0.25) is 0 Å². The molecule has 0 radical (unpaired) electrons. The van der Waals surface area contributed by atoms with Crippen molar-refractivity contribution in [2.45, 2.75) is 57.2 Å². The number of rotatable bonds is 5. The fraction of sp³-hybridized carbons (Fsp3) is 0.478. The third-order valence-corrected chi connectivity index (χ3v) is 6.64. The van der Waals surface area contributed by atoms with Gasteiger partial charge in [-0.1, -0.05) is 6.07 Å². The second-order valence-electron chi connectivity index (χ2n) is 8.99. The monoisotopic (exact) mass is 471 g/mol. The predicted molar refractivity (Wildman–Crippen MR) is 123 cm³/mol. The summed E-state index contributed by atoms with van der Waals surface area (Å²) in [4.78, 5) is 27.3. The number of halogens is 2. The van der Waals surface area contributed by atoms with Crippen molar-refractivity contribution in [3.8, 4) is 0 Å². The fourth-order valence-electron chi connectivity index (χ4n) is 4.76. The Hall–Kier alpha value is -3.34. The van der Waals surface area contributed by atoms with E-state index >= 15 is 0 Å². The van der Waals surface area contributed by atoms with Gasteiger partial charge in [0.1, 0.15) is 22.8 Å². The smallest absolute Gasteiger partial charge is 0.224 e. The SMILES string of the molecule is CC(=O)N1CC[C@@H](n2c(Nc3c(F)cccc3F)nc3cnc(NC4CCC(O)CC4)nc32)C1. The van der Waals surface area contributed by atoms with E-state index in [1.807, 2.05) is 4.57 Å². The summed E-state index contributed by atoms with van der Waals surface area (Å²) in [5.41, 5.74) is 0.695. The second kappa shape index (κ2) is 9.13. The lowest BCUT2D eigenvalue weighted by molar-refractivity contribution is -0.127. The van der Waals surface area contributed by atoms with Crippen molar-refractivity contribution < 1.29 is 18.7 Å². The summed E-state index contributed by atoms with van der Waals surface area (Å²) in [5.74, 6) is -0.827. The highest BCUT2D eigenvalue weighted by molar-refractivity contribution is 5.77. The number of hydrogen-bond donors (Lipinski definition) is 3. The first-order valence-electron chi connectivity index (χ1n) is 11.5. The van der Waals surface area contributed by atoms with E-state index in [-0.39, 0.29) is 35.7 Å². The lowest BCUT2D eigenvalue weighted by Crippen LogP contribution is -2.29. The molecular weight excluding hydrogens is 444 g/mol. The highest BCUT2D eigenvalue weighted by atomic mass is 19.1. The number of hydrogen-bond acceptors (Lipinski definition) is 7. The highest BCUT2D eigenvalue weighted by Gasteiger charge is 2.30. The van der Waals surface area contributed by atoms with Crippen LogP contribution in [0.1, 0.15) is 45.1 Å². The number of amides is 1. The van der Waals surface area contributed by atoms with Gasteiger partial charge >= 0.3 is 0 Å². The summed E-state index contributed by atoms with van der Waals surface area (Å²) < 4.78 is 30.6. The Morgan fingerprint density at radius 3 is 2.53 bits per heavy atom. The molecule has 1 aromatic carbocycles. The van der Waals surface area contributed by atoms with Crippen LogP contribution in [0.5, 0.6) is 0 Å². The molecule has 0 spiro atoms. The minimum atomic E-state index is -0.733. The summed E-state index contributed by atoms with van der Waals surface area (Å²) in [6, 6.07) is 3.64. The third kappa shape index (κ3) is 4.39. The Morgan fingerprint density at radius 2 is 1.85 bits per heavy atom. The third-order valence-electron chi connectivity index (χ3n) is 6.64. The molecule has 5 rings (SSSR count). The summed E-state index contributed by atoms with van der Waals surface area (Å²) in [5, 5.41) is 15.9. The molecule has 2 fully saturated rings. The zero-order valence-electron chi connectivity index (χ0n) is 18.8. The van der Waals surface area contributed by atoms with Crippen molar-refractivity contribution in [3.05, 3.63) is 36.0 Å². The zero-order chi connectivity index (χ0) is 23.8. The van der Waals surface area contributed by atoms with E-state index in [1.165, 1.54) is 25.1 Å². The van der Waals surface area contributed by atoms with Gasteiger partial charge in [0, 0.05) is 26.1 Å². The van der Waals surface area contributed by atoms with E-state index in [1.54, 1.807) is 11.1 Å². The van der Waals surface area contributed by atoms with Gasteiger partial charge in [0.25, 0.3) is 0 Å². The molecule has 11 heteroatoms. The van der Waals surface area contributed by atoms with Crippen LogP contribution >= 0.6 is 0 Å². The minimum absolute atomic E-state index is 0.0296. The van der Waals surface area contributed by atoms with Crippen LogP contribution in [0.15, 0.2) is 24.4 Å². The van der Waals surface area contributed by atoms with E-state index in [2.05, 4.69) is 20.6 Å². The molecule has 1 aliphatic heterocycles. The number of nitrogens with one attached hydrogen (secondary N) is 2. The summed E-state index contributed by atoms with van der Waals surface area (Å²) in [6.07, 6.45) is 5.06. The first-order chi connectivity index (χ1) is 16.4. The second-order valence-corrected chi connectivity index (χ2v) is 8.99. The van der Waals surface area contributed by atoms with Gasteiger partial charge in [-0.2, -0.15) is 4.98 Å². The van der Waals surface area contributed by atoms with E-state index in [4.69, 9.17) is 4.98 Å². The van der Waals surface area contributed by atoms with Gasteiger partial charge in [-0.25, -0.2) is 18.7 Å². The Labute approximate surface area is 195 Å². The number of carbonyl (C=O) groups is 1. The van der Waals surface area contributed by atoms with Gasteiger partial charge < -0.3 is 20.6 Å². The normalized spacial score (nSPS) is 22.8. The predicted octanol–water partition coefficient (Wildman–Crippen LogP) is 3.36. The van der Waals surface area contributed by atoms with Crippen LogP contribution in [0.3, 0.4) is 0 Å². The quantitative estimate of drug-likeness (QED) is 0.524. The summed E-state index contributed by atoms with van der Waals surface area (Å²) >= 11 is 0. The molecule has 0 unspecified atom stereocenters. The molecule has 2 aromatic heterocycles. The number of aliphatic hydroxyl groups excluding tert-OH is 1. The maximum Gasteiger partial charge on any atom is 0.224 e. The van der Waals surface area contributed by atoms with Gasteiger partial charge in [-0.15, -0.1) is 0 Å². The van der Waals surface area contributed by atoms with Crippen LogP contribution in [-0.2, 0) is 4.79 Å². The van der Waals surface area contributed by atoms with Crippen LogP contribution in [0.25, 0.3) is 11.2 Å². The van der Waals surface area contributed by atoms with Crippen molar-refractivity contribution in [3.63, 3.8) is 0 Å². The van der Waals surface area contributed by atoms with Gasteiger partial charge in [-0.3, -0.25) is 9.36 Å². The molecule has 2 aliphatic rings. The Morgan fingerprint density at radius 1 is 1.12 bits per heavy atom. The number of fused-ring (bicyclic) bond motifs is 1. The molecule has 3 heterocycles. The first-order valence-corrected chi connectivity index (χ1v) is 11.5.